The van der Waals surface area contributed by atoms with Gasteiger partial charge in [0.05, 0.1) is 15.4 Å². The summed E-state index contributed by atoms with van der Waals surface area (Å²) in [4.78, 5) is 12.8. The van der Waals surface area contributed by atoms with E-state index in [2.05, 4.69) is 0 Å². The number of carbonyl (C=O) groups excluding carboxylic acids is 1. The van der Waals surface area contributed by atoms with E-state index in [1.807, 2.05) is 20.8 Å². The van der Waals surface area contributed by atoms with E-state index in [-0.39, 0.29) is 27.6 Å². The van der Waals surface area contributed by atoms with Crippen LogP contribution in [0.1, 0.15) is 37.6 Å². The minimum Gasteiger partial charge on any atom is -0.489 e. The molecule has 1 heterocycles. The lowest BCUT2D eigenvalue weighted by molar-refractivity contribution is 0.0768. The number of ether oxygens (including phenoxy) is 1. The predicted octanol–water partition coefficient (Wildman–Crippen LogP) is 4.10. The second kappa shape index (κ2) is 6.64. The van der Waals surface area contributed by atoms with Crippen LogP contribution in [-0.2, 0) is 9.84 Å². The van der Waals surface area contributed by atoms with Gasteiger partial charge in [0.25, 0.3) is 0 Å². The summed E-state index contributed by atoms with van der Waals surface area (Å²) in [6.07, 6.45) is 0.0455. The molecular formula is C20H21O4S. The lowest BCUT2D eigenvalue weighted by Gasteiger charge is -2.31. The van der Waals surface area contributed by atoms with Crippen molar-refractivity contribution in [1.82, 2.24) is 0 Å². The Hall–Kier alpha value is -2.14. The molecule has 0 amide bonds. The van der Waals surface area contributed by atoms with Gasteiger partial charge in [0.15, 0.2) is 5.78 Å². The molecule has 0 fully saturated rings. The molecule has 2 atom stereocenters. The molecule has 2 aromatic rings. The van der Waals surface area contributed by atoms with Crippen LogP contribution in [0.15, 0.2) is 58.3 Å². The first-order chi connectivity index (χ1) is 11.8. The van der Waals surface area contributed by atoms with Crippen LogP contribution >= 0.6 is 0 Å². The van der Waals surface area contributed by atoms with Crippen molar-refractivity contribution in [2.75, 3.05) is 0 Å². The standard InChI is InChI=1S/C20H21O4S/c1-13(2)14(3)19-12-18(21)17-10-9-16(11-20(17)24-19)25(22,23)15-7-5-4-6-8-15/h4-11,14,19H,12H2,1-3H3. The minimum absolute atomic E-state index is 0.0111. The number of benzene rings is 2. The summed E-state index contributed by atoms with van der Waals surface area (Å²) in [5.74, 6) is 1.63. The van der Waals surface area contributed by atoms with Gasteiger partial charge in [-0.15, -0.1) is 0 Å². The zero-order chi connectivity index (χ0) is 18.2. The fourth-order valence-corrected chi connectivity index (χ4v) is 4.18. The van der Waals surface area contributed by atoms with Crippen molar-refractivity contribution >= 4 is 15.6 Å². The highest BCUT2D eigenvalue weighted by Gasteiger charge is 2.32. The van der Waals surface area contributed by atoms with Crippen LogP contribution in [0.5, 0.6) is 5.75 Å². The number of rotatable bonds is 4. The molecule has 2 aromatic carbocycles. The predicted molar refractivity (Wildman–Crippen MR) is 95.5 cm³/mol. The van der Waals surface area contributed by atoms with Gasteiger partial charge in [0.1, 0.15) is 11.9 Å². The SMILES string of the molecule is C[C](C)C(C)C1CC(=O)c2ccc(S(=O)(=O)c3ccccc3)cc2O1. The van der Waals surface area contributed by atoms with Gasteiger partial charge in [0, 0.05) is 6.42 Å². The lowest BCUT2D eigenvalue weighted by atomic mass is 9.86. The highest BCUT2D eigenvalue weighted by Crippen LogP contribution is 2.35. The van der Waals surface area contributed by atoms with E-state index in [4.69, 9.17) is 4.74 Å². The zero-order valence-electron chi connectivity index (χ0n) is 14.5. The summed E-state index contributed by atoms with van der Waals surface area (Å²) < 4.78 is 31.6. The summed E-state index contributed by atoms with van der Waals surface area (Å²) in [5.41, 5.74) is 0.448. The number of hydrogen-bond acceptors (Lipinski definition) is 4. The van der Waals surface area contributed by atoms with Gasteiger partial charge in [-0.1, -0.05) is 39.0 Å². The Kier molecular flexibility index (Phi) is 4.69. The van der Waals surface area contributed by atoms with Crippen LogP contribution in [0.25, 0.3) is 0 Å². The molecule has 1 aliphatic rings. The molecule has 0 bridgehead atoms. The summed E-state index contributed by atoms with van der Waals surface area (Å²) in [6.45, 7) is 6.03. The second-order valence-corrected chi connectivity index (χ2v) is 8.57. The maximum absolute atomic E-state index is 12.8. The average molecular weight is 357 g/mol. The minimum atomic E-state index is -3.64. The average Bonchev–Trinajstić information content (AvgIpc) is 2.61. The molecule has 0 saturated carbocycles. The Morgan fingerprint density at radius 2 is 1.76 bits per heavy atom. The smallest absolute Gasteiger partial charge is 0.206 e. The largest absolute Gasteiger partial charge is 0.489 e. The first-order valence-corrected chi connectivity index (χ1v) is 9.73. The van der Waals surface area contributed by atoms with Crippen molar-refractivity contribution in [2.24, 2.45) is 5.92 Å². The first-order valence-electron chi connectivity index (χ1n) is 8.25. The van der Waals surface area contributed by atoms with Gasteiger partial charge in [0.2, 0.25) is 9.84 Å². The summed E-state index contributed by atoms with van der Waals surface area (Å²) in [5, 5.41) is 0. The quantitative estimate of drug-likeness (QED) is 0.826. The molecule has 1 aliphatic heterocycles. The summed E-state index contributed by atoms with van der Waals surface area (Å²) >= 11 is 0. The van der Waals surface area contributed by atoms with E-state index in [0.717, 1.165) is 0 Å². The summed E-state index contributed by atoms with van der Waals surface area (Å²) in [6, 6.07) is 12.7. The Morgan fingerprint density at radius 3 is 2.40 bits per heavy atom. The Balaban J connectivity index is 2.00. The van der Waals surface area contributed by atoms with Gasteiger partial charge in [-0.25, -0.2) is 8.42 Å². The topological polar surface area (TPSA) is 60.4 Å². The van der Waals surface area contributed by atoms with E-state index >= 15 is 0 Å². The number of sulfone groups is 1. The number of ketones is 1. The number of fused-ring (bicyclic) bond motifs is 1. The molecule has 25 heavy (non-hydrogen) atoms. The molecule has 0 saturated heterocycles. The third-order valence-electron chi connectivity index (χ3n) is 4.75. The highest BCUT2D eigenvalue weighted by atomic mass is 32.2. The van der Waals surface area contributed by atoms with Crippen LogP contribution in [0.2, 0.25) is 0 Å². The normalized spacial score (nSPS) is 18.6. The third-order valence-corrected chi connectivity index (χ3v) is 6.52. The van der Waals surface area contributed by atoms with Crippen LogP contribution in [-0.4, -0.2) is 20.3 Å². The molecule has 0 spiro atoms. The number of hydrogen-bond donors (Lipinski definition) is 0. The van der Waals surface area contributed by atoms with Crippen molar-refractivity contribution in [1.29, 1.82) is 0 Å². The van der Waals surface area contributed by atoms with Crippen molar-refractivity contribution in [3.63, 3.8) is 0 Å². The first kappa shape index (κ1) is 17.7. The van der Waals surface area contributed by atoms with Crippen LogP contribution in [0.4, 0.5) is 0 Å². The molecule has 4 nitrogen and oxygen atoms in total. The van der Waals surface area contributed by atoms with Crippen LogP contribution in [0.3, 0.4) is 0 Å². The highest BCUT2D eigenvalue weighted by molar-refractivity contribution is 7.91. The van der Waals surface area contributed by atoms with Gasteiger partial charge >= 0.3 is 0 Å². The van der Waals surface area contributed by atoms with Gasteiger partial charge in [-0.05, 0) is 42.2 Å². The fraction of sp³-hybridized carbons (Fsp3) is 0.300. The van der Waals surface area contributed by atoms with Gasteiger partial charge in [-0.2, -0.15) is 0 Å². The maximum Gasteiger partial charge on any atom is 0.206 e. The Bertz CT molecular complexity index is 885. The molecule has 5 heteroatoms. The van der Waals surface area contributed by atoms with Gasteiger partial charge in [-0.3, -0.25) is 4.79 Å². The third kappa shape index (κ3) is 3.33. The monoisotopic (exact) mass is 357 g/mol. The summed E-state index contributed by atoms with van der Waals surface area (Å²) in [7, 11) is -3.64. The molecule has 0 aromatic heterocycles. The lowest BCUT2D eigenvalue weighted by Crippen LogP contribution is -2.34. The molecule has 131 valence electrons. The Labute approximate surface area is 148 Å². The van der Waals surface area contributed by atoms with E-state index in [0.29, 0.717) is 17.7 Å². The fourth-order valence-electron chi connectivity index (χ4n) is 2.88. The van der Waals surface area contributed by atoms with Crippen molar-refractivity contribution < 1.29 is 17.9 Å². The maximum atomic E-state index is 12.8. The molecule has 3 rings (SSSR count). The molecule has 2 unspecified atom stereocenters. The van der Waals surface area contributed by atoms with Gasteiger partial charge < -0.3 is 4.74 Å². The van der Waals surface area contributed by atoms with Crippen molar-refractivity contribution in [2.45, 2.75) is 43.1 Å². The molecule has 0 N–H and O–H groups in total. The van der Waals surface area contributed by atoms with Crippen LogP contribution < -0.4 is 4.74 Å². The van der Waals surface area contributed by atoms with E-state index < -0.39 is 9.84 Å². The zero-order valence-corrected chi connectivity index (χ0v) is 15.3. The number of carbonyl (C=O) groups is 1. The van der Waals surface area contributed by atoms with Crippen molar-refractivity contribution in [3.8, 4) is 5.75 Å². The van der Waals surface area contributed by atoms with E-state index in [9.17, 15) is 13.2 Å². The van der Waals surface area contributed by atoms with E-state index in [1.54, 1.807) is 36.4 Å². The Morgan fingerprint density at radius 1 is 1.08 bits per heavy atom. The molecular weight excluding hydrogens is 336 g/mol. The number of Topliss-reactive ketones (excluding diaryl/α,β-unsaturated/α-hetero) is 1. The molecule has 0 aliphatic carbocycles. The van der Waals surface area contributed by atoms with Crippen molar-refractivity contribution in [3.05, 3.63) is 60.0 Å². The van der Waals surface area contributed by atoms with Crippen LogP contribution in [0, 0.1) is 11.8 Å². The second-order valence-electron chi connectivity index (χ2n) is 6.62. The van der Waals surface area contributed by atoms with E-state index in [1.165, 1.54) is 18.1 Å². The molecule has 1 radical (unpaired) electrons.